The summed E-state index contributed by atoms with van der Waals surface area (Å²) in [6, 6.07) is 1.96. The summed E-state index contributed by atoms with van der Waals surface area (Å²) >= 11 is 1.96. The van der Waals surface area contributed by atoms with Crippen LogP contribution in [0.15, 0.2) is 11.2 Å². The van der Waals surface area contributed by atoms with Gasteiger partial charge >= 0.3 is 0 Å². The van der Waals surface area contributed by atoms with Gasteiger partial charge in [-0.25, -0.2) is 4.98 Å². The van der Waals surface area contributed by atoms with E-state index in [0.717, 1.165) is 47.9 Å². The summed E-state index contributed by atoms with van der Waals surface area (Å²) in [4.78, 5) is 6.86. The fraction of sp³-hybridized carbons (Fsp3) is 0.538. The number of amidine groups is 1. The Labute approximate surface area is 117 Å². The molecule has 0 amide bonds. The number of hydrogen-bond acceptors (Lipinski definition) is 5. The van der Waals surface area contributed by atoms with Crippen LogP contribution in [0.4, 0.5) is 5.82 Å². The van der Waals surface area contributed by atoms with Crippen LogP contribution in [-0.2, 0) is 0 Å². The summed E-state index contributed by atoms with van der Waals surface area (Å²) in [7, 11) is 0. The Hall–Kier alpha value is -1.43. The molecule has 0 bridgehead atoms. The molecule has 5 nitrogen and oxygen atoms in total. The molecular formula is C13H20N4OS. The van der Waals surface area contributed by atoms with Crippen molar-refractivity contribution < 1.29 is 5.21 Å². The van der Waals surface area contributed by atoms with Gasteiger partial charge in [0.2, 0.25) is 0 Å². The largest absolute Gasteiger partial charge is 0.409 e. The number of nitrogens with zero attached hydrogens (tertiary/aromatic N) is 3. The number of aromatic nitrogens is 1. The van der Waals surface area contributed by atoms with E-state index >= 15 is 0 Å². The molecule has 104 valence electrons. The lowest BCUT2D eigenvalue weighted by Gasteiger charge is -2.25. The number of rotatable bonds is 2. The lowest BCUT2D eigenvalue weighted by atomic mass is 10.1. The highest BCUT2D eigenvalue weighted by atomic mass is 32.2. The third-order valence-electron chi connectivity index (χ3n) is 3.21. The molecule has 2 heterocycles. The van der Waals surface area contributed by atoms with E-state index in [9.17, 15) is 0 Å². The van der Waals surface area contributed by atoms with E-state index < -0.39 is 0 Å². The van der Waals surface area contributed by atoms with Crippen LogP contribution >= 0.6 is 11.8 Å². The molecule has 2 rings (SSSR count). The second-order valence-electron chi connectivity index (χ2n) is 4.72. The number of oxime groups is 1. The van der Waals surface area contributed by atoms with Gasteiger partial charge in [-0.15, -0.1) is 0 Å². The summed E-state index contributed by atoms with van der Waals surface area (Å²) in [6.07, 6.45) is 1.13. The smallest absolute Gasteiger partial charge is 0.174 e. The molecule has 0 saturated carbocycles. The molecule has 0 atom stereocenters. The Bertz CT molecular complexity index is 482. The van der Waals surface area contributed by atoms with Gasteiger partial charge in [0.15, 0.2) is 5.84 Å². The predicted octanol–water partition coefficient (Wildman–Crippen LogP) is 1.74. The molecule has 0 spiro atoms. The molecule has 3 N–H and O–H groups in total. The van der Waals surface area contributed by atoms with E-state index in [4.69, 9.17) is 10.9 Å². The highest BCUT2D eigenvalue weighted by Crippen LogP contribution is 2.24. The van der Waals surface area contributed by atoms with E-state index in [-0.39, 0.29) is 5.84 Å². The van der Waals surface area contributed by atoms with E-state index in [2.05, 4.69) is 15.0 Å². The molecule has 6 heteroatoms. The van der Waals surface area contributed by atoms with Crippen molar-refractivity contribution in [2.24, 2.45) is 10.9 Å². The summed E-state index contributed by atoms with van der Waals surface area (Å²) in [5, 5.41) is 12.1. The van der Waals surface area contributed by atoms with E-state index in [1.54, 1.807) is 0 Å². The highest BCUT2D eigenvalue weighted by Gasteiger charge is 2.19. The first-order valence-electron chi connectivity index (χ1n) is 6.42. The molecule has 0 unspecified atom stereocenters. The average molecular weight is 280 g/mol. The van der Waals surface area contributed by atoms with Gasteiger partial charge in [-0.3, -0.25) is 0 Å². The predicted molar refractivity (Wildman–Crippen MR) is 80.4 cm³/mol. The lowest BCUT2D eigenvalue weighted by molar-refractivity contribution is 0.318. The second-order valence-corrected chi connectivity index (χ2v) is 5.94. The van der Waals surface area contributed by atoms with Crippen molar-refractivity contribution in [1.29, 1.82) is 0 Å². The third kappa shape index (κ3) is 3.12. The molecule has 0 aliphatic carbocycles. The van der Waals surface area contributed by atoms with Crippen LogP contribution in [0.1, 0.15) is 23.2 Å². The minimum atomic E-state index is 0.136. The zero-order valence-corrected chi connectivity index (χ0v) is 12.2. The average Bonchev–Trinajstić information content (AvgIpc) is 2.65. The van der Waals surface area contributed by atoms with E-state index in [1.807, 2.05) is 31.7 Å². The highest BCUT2D eigenvalue weighted by molar-refractivity contribution is 7.99. The SMILES string of the molecule is Cc1cc(C)c(/C(N)=N/O)c(N2CCCSCC2)n1. The third-order valence-corrected chi connectivity index (χ3v) is 4.26. The minimum absolute atomic E-state index is 0.136. The molecular weight excluding hydrogens is 260 g/mol. The standard InChI is InChI=1S/C13H20N4OS/c1-9-8-10(2)15-13(11(9)12(14)16-18)17-4-3-6-19-7-5-17/h8,18H,3-7H2,1-2H3,(H2,14,16). The monoisotopic (exact) mass is 280 g/mol. The van der Waals surface area contributed by atoms with E-state index in [1.165, 1.54) is 5.75 Å². The van der Waals surface area contributed by atoms with E-state index in [0.29, 0.717) is 0 Å². The Morgan fingerprint density at radius 2 is 2.21 bits per heavy atom. The molecule has 1 aliphatic heterocycles. The van der Waals surface area contributed by atoms with Crippen LogP contribution < -0.4 is 10.6 Å². The summed E-state index contributed by atoms with van der Waals surface area (Å²) < 4.78 is 0. The lowest BCUT2D eigenvalue weighted by Crippen LogP contribution is -2.30. The van der Waals surface area contributed by atoms with Crippen molar-refractivity contribution in [3.8, 4) is 0 Å². The molecule has 1 aliphatic rings. The molecule has 1 aromatic heterocycles. The van der Waals surface area contributed by atoms with Gasteiger partial charge in [0.25, 0.3) is 0 Å². The quantitative estimate of drug-likeness (QED) is 0.373. The zero-order chi connectivity index (χ0) is 13.8. The number of anilines is 1. The van der Waals surface area contributed by atoms with Crippen molar-refractivity contribution in [2.75, 3.05) is 29.5 Å². The maximum Gasteiger partial charge on any atom is 0.174 e. The van der Waals surface area contributed by atoms with Crippen molar-refractivity contribution in [2.45, 2.75) is 20.3 Å². The van der Waals surface area contributed by atoms with Crippen LogP contribution in [-0.4, -0.2) is 40.6 Å². The fourth-order valence-electron chi connectivity index (χ4n) is 2.37. The van der Waals surface area contributed by atoms with Crippen molar-refractivity contribution in [3.63, 3.8) is 0 Å². The maximum absolute atomic E-state index is 8.97. The summed E-state index contributed by atoms with van der Waals surface area (Å²) in [5.41, 5.74) is 8.52. The molecule has 19 heavy (non-hydrogen) atoms. The number of hydrogen-bond donors (Lipinski definition) is 2. The number of thioether (sulfide) groups is 1. The van der Waals surface area contributed by atoms with Crippen molar-refractivity contribution in [1.82, 2.24) is 4.98 Å². The maximum atomic E-state index is 8.97. The molecule has 1 fully saturated rings. The first-order chi connectivity index (χ1) is 9.13. The van der Waals surface area contributed by atoms with Gasteiger partial charge in [-0.1, -0.05) is 5.16 Å². The molecule has 0 radical (unpaired) electrons. The van der Waals surface area contributed by atoms with Crippen LogP contribution in [0, 0.1) is 13.8 Å². The Morgan fingerprint density at radius 3 is 2.95 bits per heavy atom. The first kappa shape index (κ1) is 14.0. The van der Waals surface area contributed by atoms with Gasteiger partial charge in [0, 0.05) is 24.5 Å². The normalized spacial score (nSPS) is 17.4. The molecule has 1 saturated heterocycles. The number of nitrogens with two attached hydrogens (primary N) is 1. The van der Waals surface area contributed by atoms with Gasteiger partial charge in [-0.2, -0.15) is 11.8 Å². The van der Waals surface area contributed by atoms with Crippen LogP contribution in [0.2, 0.25) is 0 Å². The number of aryl methyl sites for hydroxylation is 2. The summed E-state index contributed by atoms with van der Waals surface area (Å²) in [5.74, 6) is 3.25. The van der Waals surface area contributed by atoms with Gasteiger partial charge in [-0.05, 0) is 37.7 Å². The summed E-state index contributed by atoms with van der Waals surface area (Å²) in [6.45, 7) is 5.86. The molecule has 1 aromatic rings. The number of pyridine rings is 1. The minimum Gasteiger partial charge on any atom is -0.409 e. The van der Waals surface area contributed by atoms with Gasteiger partial charge < -0.3 is 15.8 Å². The van der Waals surface area contributed by atoms with Crippen LogP contribution in [0.5, 0.6) is 0 Å². The van der Waals surface area contributed by atoms with Crippen LogP contribution in [0.3, 0.4) is 0 Å². The Kier molecular flexibility index (Phi) is 4.52. The Morgan fingerprint density at radius 1 is 1.42 bits per heavy atom. The first-order valence-corrected chi connectivity index (χ1v) is 7.57. The van der Waals surface area contributed by atoms with Crippen molar-refractivity contribution in [3.05, 3.63) is 22.9 Å². The zero-order valence-electron chi connectivity index (χ0n) is 11.4. The second kappa shape index (κ2) is 6.14. The van der Waals surface area contributed by atoms with Crippen molar-refractivity contribution >= 4 is 23.4 Å². The van der Waals surface area contributed by atoms with Gasteiger partial charge in [0.05, 0.1) is 5.56 Å². The Balaban J connectivity index is 2.47. The van der Waals surface area contributed by atoms with Crippen LogP contribution in [0.25, 0.3) is 0 Å². The van der Waals surface area contributed by atoms with Gasteiger partial charge in [0.1, 0.15) is 5.82 Å². The fourth-order valence-corrected chi connectivity index (χ4v) is 3.26. The topological polar surface area (TPSA) is 74.7 Å². The molecule has 0 aromatic carbocycles.